The van der Waals surface area contributed by atoms with E-state index in [0.29, 0.717) is 12.5 Å². The van der Waals surface area contributed by atoms with Gasteiger partial charge in [-0.05, 0) is 48.7 Å². The number of halogens is 1. The summed E-state index contributed by atoms with van der Waals surface area (Å²) in [6.07, 6.45) is 4.58. The van der Waals surface area contributed by atoms with Crippen LogP contribution in [0.15, 0.2) is 54.9 Å². The molecule has 3 aromatic rings. The Bertz CT molecular complexity index is 837. The molecule has 134 valence electrons. The van der Waals surface area contributed by atoms with E-state index in [-0.39, 0.29) is 0 Å². The third-order valence-corrected chi connectivity index (χ3v) is 4.33. The molecule has 0 unspecified atom stereocenters. The molecule has 6 heteroatoms. The number of pyridine rings is 1. The average molecular weight is 368 g/mol. The molecule has 26 heavy (non-hydrogen) atoms. The number of nitrogens with zero attached hydrogens (tertiary/aromatic N) is 4. The molecule has 0 aliphatic heterocycles. The predicted molar refractivity (Wildman–Crippen MR) is 107 cm³/mol. The van der Waals surface area contributed by atoms with Gasteiger partial charge in [0.1, 0.15) is 5.82 Å². The van der Waals surface area contributed by atoms with Crippen molar-refractivity contribution in [2.45, 2.75) is 19.9 Å². The summed E-state index contributed by atoms with van der Waals surface area (Å²) >= 11 is 5.93. The van der Waals surface area contributed by atoms with Crippen molar-refractivity contribution in [2.24, 2.45) is 0 Å². The summed E-state index contributed by atoms with van der Waals surface area (Å²) in [5.74, 6) is 1.54. The van der Waals surface area contributed by atoms with Gasteiger partial charge in [-0.2, -0.15) is 4.98 Å². The van der Waals surface area contributed by atoms with Crippen molar-refractivity contribution in [1.29, 1.82) is 0 Å². The number of rotatable bonds is 7. The molecule has 0 amide bonds. The van der Waals surface area contributed by atoms with Crippen molar-refractivity contribution in [3.63, 3.8) is 0 Å². The Morgan fingerprint density at radius 1 is 1.00 bits per heavy atom. The summed E-state index contributed by atoms with van der Waals surface area (Å²) in [5, 5.41) is 4.02. The molecule has 0 aliphatic carbocycles. The number of hydrogen-bond donors (Lipinski definition) is 1. The highest BCUT2D eigenvalue weighted by Crippen LogP contribution is 2.16. The SMILES string of the molecule is Cc1cc(N(C)CCc2ccncc2)nc(NCc2ccc(Cl)cc2)n1. The summed E-state index contributed by atoms with van der Waals surface area (Å²) in [6, 6.07) is 13.8. The first kappa shape index (κ1) is 18.1. The first-order chi connectivity index (χ1) is 12.6. The first-order valence-electron chi connectivity index (χ1n) is 8.54. The van der Waals surface area contributed by atoms with Gasteiger partial charge in [0.05, 0.1) is 0 Å². The van der Waals surface area contributed by atoms with Gasteiger partial charge >= 0.3 is 0 Å². The molecule has 1 aromatic carbocycles. The molecular formula is C20H22ClN5. The van der Waals surface area contributed by atoms with Gasteiger partial charge in [-0.1, -0.05) is 23.7 Å². The lowest BCUT2D eigenvalue weighted by molar-refractivity contribution is 0.850. The van der Waals surface area contributed by atoms with E-state index in [1.54, 1.807) is 0 Å². The molecule has 0 saturated carbocycles. The molecule has 0 spiro atoms. The second-order valence-corrected chi connectivity index (χ2v) is 6.63. The fourth-order valence-corrected chi connectivity index (χ4v) is 2.70. The number of nitrogens with one attached hydrogen (secondary N) is 1. The van der Waals surface area contributed by atoms with Crippen LogP contribution in [0.5, 0.6) is 0 Å². The van der Waals surface area contributed by atoms with Crippen molar-refractivity contribution >= 4 is 23.4 Å². The van der Waals surface area contributed by atoms with E-state index >= 15 is 0 Å². The Balaban J connectivity index is 1.63. The molecule has 0 aliphatic rings. The summed E-state index contributed by atoms with van der Waals surface area (Å²) in [6.45, 7) is 3.51. The zero-order valence-electron chi connectivity index (χ0n) is 15.0. The smallest absolute Gasteiger partial charge is 0.225 e. The molecule has 2 aromatic heterocycles. The minimum Gasteiger partial charge on any atom is -0.359 e. The van der Waals surface area contributed by atoms with E-state index < -0.39 is 0 Å². The minimum atomic E-state index is 0.630. The average Bonchev–Trinajstić information content (AvgIpc) is 2.66. The second kappa shape index (κ2) is 8.63. The van der Waals surface area contributed by atoms with Crippen LogP contribution in [0.3, 0.4) is 0 Å². The lowest BCUT2D eigenvalue weighted by Crippen LogP contribution is -2.22. The summed E-state index contributed by atoms with van der Waals surface area (Å²) in [5.41, 5.74) is 3.33. The van der Waals surface area contributed by atoms with Crippen molar-refractivity contribution < 1.29 is 0 Å². The molecule has 0 radical (unpaired) electrons. The Hall–Kier alpha value is -2.66. The minimum absolute atomic E-state index is 0.630. The maximum atomic E-state index is 5.93. The standard InChI is InChI=1S/C20H22ClN5/c1-15-13-19(26(2)12-9-16-7-10-22-11-8-16)25-20(24-15)23-14-17-3-5-18(21)6-4-17/h3-8,10-11,13H,9,12,14H2,1-2H3,(H,23,24,25). The van der Waals surface area contributed by atoms with Crippen LogP contribution in [-0.4, -0.2) is 28.5 Å². The molecule has 0 atom stereocenters. The maximum absolute atomic E-state index is 5.93. The van der Waals surface area contributed by atoms with E-state index in [2.05, 4.69) is 25.2 Å². The van der Waals surface area contributed by atoms with Gasteiger partial charge in [-0.15, -0.1) is 0 Å². The predicted octanol–water partition coefficient (Wildman–Crippen LogP) is 4.12. The lowest BCUT2D eigenvalue weighted by atomic mass is 10.2. The van der Waals surface area contributed by atoms with Crippen LogP contribution < -0.4 is 10.2 Å². The van der Waals surface area contributed by atoms with Crippen molar-refractivity contribution in [2.75, 3.05) is 23.8 Å². The molecular weight excluding hydrogens is 346 g/mol. The van der Waals surface area contributed by atoms with E-state index in [9.17, 15) is 0 Å². The normalized spacial score (nSPS) is 10.6. The van der Waals surface area contributed by atoms with Crippen LogP contribution >= 0.6 is 11.6 Å². The van der Waals surface area contributed by atoms with Crippen LogP contribution in [0.25, 0.3) is 0 Å². The molecule has 5 nitrogen and oxygen atoms in total. The summed E-state index contributed by atoms with van der Waals surface area (Å²) in [4.78, 5) is 15.3. The molecule has 2 heterocycles. The van der Waals surface area contributed by atoms with Gasteiger partial charge in [-0.3, -0.25) is 4.98 Å². The van der Waals surface area contributed by atoms with Crippen molar-refractivity contribution in [3.05, 3.63) is 76.7 Å². The Kier molecular flexibility index (Phi) is 6.02. The van der Waals surface area contributed by atoms with Crippen LogP contribution in [0.4, 0.5) is 11.8 Å². The fraction of sp³-hybridized carbons (Fsp3) is 0.250. The number of anilines is 2. The van der Waals surface area contributed by atoms with Crippen LogP contribution in [-0.2, 0) is 13.0 Å². The number of likely N-dealkylation sites (N-methyl/N-ethyl adjacent to an activating group) is 1. The fourth-order valence-electron chi connectivity index (χ4n) is 2.57. The van der Waals surface area contributed by atoms with Gasteiger partial charge in [0.25, 0.3) is 0 Å². The van der Waals surface area contributed by atoms with E-state index in [0.717, 1.165) is 35.1 Å². The molecule has 1 N–H and O–H groups in total. The number of aromatic nitrogens is 3. The van der Waals surface area contributed by atoms with Gasteiger partial charge < -0.3 is 10.2 Å². The monoisotopic (exact) mass is 367 g/mol. The number of aryl methyl sites for hydroxylation is 1. The Morgan fingerprint density at radius 3 is 2.46 bits per heavy atom. The van der Waals surface area contributed by atoms with Gasteiger partial charge in [0.15, 0.2) is 0 Å². The third-order valence-electron chi connectivity index (χ3n) is 4.08. The zero-order valence-corrected chi connectivity index (χ0v) is 15.7. The largest absolute Gasteiger partial charge is 0.359 e. The molecule has 0 bridgehead atoms. The third kappa shape index (κ3) is 5.17. The van der Waals surface area contributed by atoms with Gasteiger partial charge in [0.2, 0.25) is 5.95 Å². The maximum Gasteiger partial charge on any atom is 0.225 e. The highest BCUT2D eigenvalue weighted by molar-refractivity contribution is 6.30. The van der Waals surface area contributed by atoms with Crippen LogP contribution in [0, 0.1) is 6.92 Å². The quantitative estimate of drug-likeness (QED) is 0.680. The number of benzene rings is 1. The highest BCUT2D eigenvalue weighted by atomic mass is 35.5. The van der Waals surface area contributed by atoms with Gasteiger partial charge in [0, 0.05) is 49.3 Å². The molecule has 0 saturated heterocycles. The van der Waals surface area contributed by atoms with Gasteiger partial charge in [-0.25, -0.2) is 4.98 Å². The summed E-state index contributed by atoms with van der Waals surface area (Å²) < 4.78 is 0. The Labute approximate surface area is 159 Å². The highest BCUT2D eigenvalue weighted by Gasteiger charge is 2.07. The van der Waals surface area contributed by atoms with E-state index in [1.807, 2.05) is 68.8 Å². The molecule has 0 fully saturated rings. The van der Waals surface area contributed by atoms with Crippen molar-refractivity contribution in [3.8, 4) is 0 Å². The Morgan fingerprint density at radius 2 is 1.73 bits per heavy atom. The topological polar surface area (TPSA) is 53.9 Å². The molecule has 3 rings (SSSR count). The van der Waals surface area contributed by atoms with Crippen molar-refractivity contribution in [1.82, 2.24) is 15.0 Å². The summed E-state index contributed by atoms with van der Waals surface area (Å²) in [7, 11) is 2.05. The zero-order chi connectivity index (χ0) is 18.4. The van der Waals surface area contributed by atoms with E-state index in [4.69, 9.17) is 11.6 Å². The second-order valence-electron chi connectivity index (χ2n) is 6.20. The van der Waals surface area contributed by atoms with Crippen LogP contribution in [0.2, 0.25) is 5.02 Å². The van der Waals surface area contributed by atoms with Crippen LogP contribution in [0.1, 0.15) is 16.8 Å². The first-order valence-corrected chi connectivity index (χ1v) is 8.92. The lowest BCUT2D eigenvalue weighted by Gasteiger charge is -2.19. The number of hydrogen-bond acceptors (Lipinski definition) is 5. The van der Waals surface area contributed by atoms with E-state index in [1.165, 1.54) is 5.56 Å².